The molecule has 0 aliphatic carbocycles. The van der Waals surface area contributed by atoms with Gasteiger partial charge in [0.2, 0.25) is 6.10 Å². The smallest absolute Gasteiger partial charge is 0.347 e. The van der Waals surface area contributed by atoms with Crippen LogP contribution in [0, 0.1) is 0 Å². The number of carbonyl (C=O) groups is 2. The van der Waals surface area contributed by atoms with Crippen molar-refractivity contribution in [2.45, 2.75) is 12.5 Å². The lowest BCUT2D eigenvalue weighted by molar-refractivity contribution is -0.151. The van der Waals surface area contributed by atoms with Gasteiger partial charge in [0.25, 0.3) is 0 Å². The minimum Gasteiger partial charge on any atom is -0.466 e. The molecular formula is C11H9BrO4. The maximum Gasteiger partial charge on any atom is 0.347 e. The Balaban J connectivity index is 2.37. The highest BCUT2D eigenvalue weighted by Gasteiger charge is 2.32. The van der Waals surface area contributed by atoms with E-state index in [1.807, 2.05) is 6.07 Å². The summed E-state index contributed by atoms with van der Waals surface area (Å²) in [5.41, 5.74) is 1.28. The first-order valence-electron chi connectivity index (χ1n) is 4.69. The number of ether oxygens (including phenoxy) is 2. The van der Waals surface area contributed by atoms with E-state index in [-0.39, 0.29) is 0 Å². The highest BCUT2D eigenvalue weighted by Crippen LogP contribution is 2.27. The second-order valence-corrected chi connectivity index (χ2v) is 4.25. The number of cyclic esters (lactones) is 1. The third kappa shape index (κ3) is 1.82. The Kier molecular flexibility index (Phi) is 2.96. The molecule has 16 heavy (non-hydrogen) atoms. The van der Waals surface area contributed by atoms with Crippen molar-refractivity contribution in [2.24, 2.45) is 0 Å². The van der Waals surface area contributed by atoms with E-state index < -0.39 is 18.0 Å². The molecule has 0 amide bonds. The van der Waals surface area contributed by atoms with Crippen LogP contribution < -0.4 is 0 Å². The molecule has 1 aliphatic heterocycles. The van der Waals surface area contributed by atoms with Gasteiger partial charge < -0.3 is 9.47 Å². The van der Waals surface area contributed by atoms with Crippen molar-refractivity contribution in [1.82, 2.24) is 0 Å². The van der Waals surface area contributed by atoms with E-state index in [1.54, 1.807) is 12.1 Å². The summed E-state index contributed by atoms with van der Waals surface area (Å²) in [5.74, 6) is -1.02. The second-order valence-electron chi connectivity index (χ2n) is 3.40. The molecule has 5 heteroatoms. The number of rotatable bonds is 1. The molecule has 1 aromatic rings. The Labute approximate surface area is 101 Å². The molecule has 0 bridgehead atoms. The number of carbonyl (C=O) groups excluding carboxylic acids is 2. The first-order valence-corrected chi connectivity index (χ1v) is 5.49. The van der Waals surface area contributed by atoms with Gasteiger partial charge in [-0.25, -0.2) is 9.59 Å². The van der Waals surface area contributed by atoms with Crippen LogP contribution in [-0.4, -0.2) is 25.2 Å². The Morgan fingerprint density at radius 1 is 1.56 bits per heavy atom. The van der Waals surface area contributed by atoms with Crippen LogP contribution in [0.15, 0.2) is 22.7 Å². The molecule has 0 saturated heterocycles. The van der Waals surface area contributed by atoms with Gasteiger partial charge in [0.1, 0.15) is 0 Å². The average molecular weight is 285 g/mol. The van der Waals surface area contributed by atoms with Gasteiger partial charge in [0.15, 0.2) is 0 Å². The number of hydrogen-bond donors (Lipinski definition) is 0. The summed E-state index contributed by atoms with van der Waals surface area (Å²) < 4.78 is 10.2. The molecule has 0 aromatic heterocycles. The van der Waals surface area contributed by atoms with Gasteiger partial charge >= 0.3 is 11.9 Å². The Hall–Kier alpha value is -1.36. The third-order valence-electron chi connectivity index (χ3n) is 2.42. The summed E-state index contributed by atoms with van der Waals surface area (Å²) in [5, 5.41) is 0. The van der Waals surface area contributed by atoms with Crippen molar-refractivity contribution in [2.75, 3.05) is 7.11 Å². The van der Waals surface area contributed by atoms with E-state index >= 15 is 0 Å². The molecule has 0 saturated carbocycles. The molecule has 4 nitrogen and oxygen atoms in total. The molecule has 1 atom stereocenters. The van der Waals surface area contributed by atoms with E-state index in [1.165, 1.54) is 7.11 Å². The topological polar surface area (TPSA) is 52.6 Å². The maximum absolute atomic E-state index is 11.7. The molecule has 1 aromatic carbocycles. The fourth-order valence-corrected chi connectivity index (χ4v) is 2.23. The summed E-state index contributed by atoms with van der Waals surface area (Å²) >= 11 is 3.28. The molecule has 2 rings (SSSR count). The van der Waals surface area contributed by atoms with Crippen LogP contribution in [0.3, 0.4) is 0 Å². The first-order chi connectivity index (χ1) is 7.63. The molecule has 1 heterocycles. The number of fused-ring (bicyclic) bond motifs is 1. The summed E-state index contributed by atoms with van der Waals surface area (Å²) in [6.07, 6.45) is -0.480. The number of hydrogen-bond acceptors (Lipinski definition) is 4. The van der Waals surface area contributed by atoms with E-state index in [4.69, 9.17) is 4.74 Å². The number of halogens is 1. The second kappa shape index (κ2) is 4.25. The lowest BCUT2D eigenvalue weighted by atomic mass is 9.99. The monoisotopic (exact) mass is 284 g/mol. The maximum atomic E-state index is 11.7. The van der Waals surface area contributed by atoms with Gasteiger partial charge in [-0.1, -0.05) is 12.1 Å². The SMILES string of the molecule is COC(=O)C1Cc2cccc(Br)c2C(=O)O1. The summed E-state index contributed by atoms with van der Waals surface area (Å²) in [7, 11) is 1.27. The molecule has 0 spiro atoms. The standard InChI is InChI=1S/C11H9BrO4/c1-15-10(13)8-5-6-3-2-4-7(12)9(6)11(14)16-8/h2-4,8H,5H2,1H3. The minimum absolute atomic E-state index is 0.354. The molecule has 0 fully saturated rings. The van der Waals surface area contributed by atoms with Crippen molar-refractivity contribution in [3.05, 3.63) is 33.8 Å². The zero-order valence-corrected chi connectivity index (χ0v) is 10.1. The van der Waals surface area contributed by atoms with Crippen molar-refractivity contribution < 1.29 is 19.1 Å². The van der Waals surface area contributed by atoms with Crippen LogP contribution in [0.5, 0.6) is 0 Å². The summed E-state index contributed by atoms with van der Waals surface area (Å²) in [6, 6.07) is 5.38. The van der Waals surface area contributed by atoms with Crippen molar-refractivity contribution >= 4 is 27.9 Å². The van der Waals surface area contributed by atoms with Crippen molar-refractivity contribution in [1.29, 1.82) is 0 Å². The number of methoxy groups -OCH3 is 1. The van der Waals surface area contributed by atoms with Crippen LogP contribution in [0.25, 0.3) is 0 Å². The Bertz CT molecular complexity index is 455. The quantitative estimate of drug-likeness (QED) is 0.737. The lowest BCUT2D eigenvalue weighted by Crippen LogP contribution is -2.35. The number of benzene rings is 1. The first kappa shape index (κ1) is 11.1. The van der Waals surface area contributed by atoms with E-state index in [0.29, 0.717) is 16.5 Å². The van der Waals surface area contributed by atoms with Gasteiger partial charge in [-0.15, -0.1) is 0 Å². The molecule has 1 aliphatic rings. The zero-order valence-electron chi connectivity index (χ0n) is 8.53. The average Bonchev–Trinajstić information content (AvgIpc) is 2.27. The molecular weight excluding hydrogens is 276 g/mol. The predicted octanol–water partition coefficient (Wildman–Crippen LogP) is 1.70. The highest BCUT2D eigenvalue weighted by molar-refractivity contribution is 9.10. The van der Waals surface area contributed by atoms with Gasteiger partial charge in [-0.2, -0.15) is 0 Å². The minimum atomic E-state index is -0.834. The molecule has 0 N–H and O–H groups in total. The van der Waals surface area contributed by atoms with Gasteiger partial charge in [0.05, 0.1) is 12.7 Å². The molecule has 0 radical (unpaired) electrons. The predicted molar refractivity (Wildman–Crippen MR) is 59.1 cm³/mol. The van der Waals surface area contributed by atoms with Gasteiger partial charge in [-0.3, -0.25) is 0 Å². The van der Waals surface area contributed by atoms with Crippen LogP contribution >= 0.6 is 15.9 Å². The Morgan fingerprint density at radius 2 is 2.31 bits per heavy atom. The van der Waals surface area contributed by atoms with Crippen LogP contribution in [0.4, 0.5) is 0 Å². The summed E-state index contributed by atoms with van der Waals surface area (Å²) in [6.45, 7) is 0. The van der Waals surface area contributed by atoms with E-state index in [9.17, 15) is 9.59 Å². The molecule has 84 valence electrons. The number of esters is 2. The van der Waals surface area contributed by atoms with E-state index in [0.717, 1.165) is 5.56 Å². The highest BCUT2D eigenvalue weighted by atomic mass is 79.9. The zero-order chi connectivity index (χ0) is 11.7. The third-order valence-corrected chi connectivity index (χ3v) is 3.08. The largest absolute Gasteiger partial charge is 0.466 e. The fraction of sp³-hybridized carbons (Fsp3) is 0.273. The molecule has 1 unspecified atom stereocenters. The lowest BCUT2D eigenvalue weighted by Gasteiger charge is -2.23. The van der Waals surface area contributed by atoms with Crippen LogP contribution in [-0.2, 0) is 20.7 Å². The van der Waals surface area contributed by atoms with Crippen molar-refractivity contribution in [3.63, 3.8) is 0 Å². The van der Waals surface area contributed by atoms with Crippen LogP contribution in [0.2, 0.25) is 0 Å². The normalized spacial score (nSPS) is 18.6. The van der Waals surface area contributed by atoms with Crippen molar-refractivity contribution in [3.8, 4) is 0 Å². The van der Waals surface area contributed by atoms with E-state index in [2.05, 4.69) is 20.7 Å². The fourth-order valence-electron chi connectivity index (χ4n) is 1.66. The Morgan fingerprint density at radius 3 is 3.00 bits per heavy atom. The van der Waals surface area contributed by atoms with Crippen LogP contribution in [0.1, 0.15) is 15.9 Å². The van der Waals surface area contributed by atoms with Gasteiger partial charge in [-0.05, 0) is 27.6 Å². The summed E-state index contributed by atoms with van der Waals surface area (Å²) in [4.78, 5) is 23.0. The van der Waals surface area contributed by atoms with Gasteiger partial charge in [0, 0.05) is 10.9 Å².